The second-order valence-electron chi connectivity index (χ2n) is 16.3. The zero-order valence-corrected chi connectivity index (χ0v) is 34.3. The van der Waals surface area contributed by atoms with Gasteiger partial charge in [0.25, 0.3) is 0 Å². The Bertz CT molecular complexity index is 1690. The molecule has 9 N–H and O–H groups in total. The molecule has 57 heavy (non-hydrogen) atoms. The summed E-state index contributed by atoms with van der Waals surface area (Å²) in [6.07, 6.45) is 10.1. The molecule has 1 aliphatic heterocycles. The number of nitrogens with one attached hydrogen (secondary N) is 2. The van der Waals surface area contributed by atoms with Gasteiger partial charge < -0.3 is 46.4 Å². The summed E-state index contributed by atoms with van der Waals surface area (Å²) in [5.41, 5.74) is 4.10. The number of fused-ring (bicyclic) bond motifs is 5. The number of allylic oxidation sites excluding steroid dienone is 2. The summed E-state index contributed by atoms with van der Waals surface area (Å²) in [5, 5.41) is 82.2. The molecule has 0 spiro atoms. The SMILES string of the molecule is CCCCCC(O)C=CC1=C(CC(O)CO)C2NCC(C)(O)C(c3ccc(O)cc3CCO)C#CC(CC2CCC(CCC(=O)O)NCC)c2ccccc2CC1. The number of aliphatic hydroxyl groups excluding tert-OH is 4. The Hall–Kier alpha value is -3.53. The van der Waals surface area contributed by atoms with Crippen molar-refractivity contribution in [2.24, 2.45) is 5.92 Å². The second kappa shape index (κ2) is 23.2. The Balaban J connectivity index is 1.97. The van der Waals surface area contributed by atoms with Crippen LogP contribution < -0.4 is 10.6 Å². The minimum Gasteiger partial charge on any atom is -0.508 e. The number of aryl methyl sites for hydroxylation is 1. The van der Waals surface area contributed by atoms with Crippen LogP contribution in [-0.4, -0.2) is 97.9 Å². The number of carboxylic acid groups (broad SMARTS) is 1. The molecule has 0 amide bonds. The first-order valence-corrected chi connectivity index (χ1v) is 21.2. The molecule has 1 aliphatic carbocycles. The van der Waals surface area contributed by atoms with E-state index in [9.17, 15) is 40.5 Å². The fraction of sp³-hybridized carbons (Fsp3) is 0.596. The third-order valence-corrected chi connectivity index (χ3v) is 11.8. The minimum atomic E-state index is -1.44. The summed E-state index contributed by atoms with van der Waals surface area (Å²) in [6.45, 7) is 6.14. The van der Waals surface area contributed by atoms with Gasteiger partial charge in [0, 0.05) is 37.6 Å². The highest BCUT2D eigenvalue weighted by Gasteiger charge is 2.39. The Morgan fingerprint density at radius 3 is 2.54 bits per heavy atom. The van der Waals surface area contributed by atoms with Crippen molar-refractivity contribution in [2.45, 2.75) is 146 Å². The van der Waals surface area contributed by atoms with E-state index in [2.05, 4.69) is 41.5 Å². The zero-order chi connectivity index (χ0) is 41.4. The molecule has 10 nitrogen and oxygen atoms in total. The number of benzene rings is 2. The van der Waals surface area contributed by atoms with Crippen LogP contribution in [-0.2, 0) is 17.6 Å². The van der Waals surface area contributed by atoms with Gasteiger partial charge in [-0.3, -0.25) is 4.79 Å². The minimum absolute atomic E-state index is 0.0353. The molecule has 1 heterocycles. The number of hydrogen-bond acceptors (Lipinski definition) is 9. The summed E-state index contributed by atoms with van der Waals surface area (Å²) < 4.78 is 0. The Kier molecular flexibility index (Phi) is 18.8. The molecule has 8 atom stereocenters. The van der Waals surface area contributed by atoms with Crippen LogP contribution in [0.3, 0.4) is 0 Å². The predicted molar refractivity (Wildman–Crippen MR) is 225 cm³/mol. The molecule has 0 saturated carbocycles. The first kappa shape index (κ1) is 46.2. The number of rotatable bonds is 20. The van der Waals surface area contributed by atoms with Crippen LogP contribution in [0.4, 0.5) is 0 Å². The fourth-order valence-corrected chi connectivity index (χ4v) is 8.72. The van der Waals surface area contributed by atoms with Gasteiger partial charge in [-0.25, -0.2) is 0 Å². The normalized spacial score (nSPS) is 24.4. The van der Waals surface area contributed by atoms with Gasteiger partial charge >= 0.3 is 5.97 Å². The highest BCUT2D eigenvalue weighted by Crippen LogP contribution is 2.40. The van der Waals surface area contributed by atoms with Crippen molar-refractivity contribution < 1.29 is 40.5 Å². The molecule has 2 bridgehead atoms. The number of carbonyl (C=O) groups is 1. The van der Waals surface area contributed by atoms with Crippen LogP contribution in [0.5, 0.6) is 5.75 Å². The molecule has 4 rings (SSSR count). The molecule has 314 valence electrons. The quantitative estimate of drug-likeness (QED) is 0.0602. The van der Waals surface area contributed by atoms with Crippen LogP contribution in [0.1, 0.15) is 125 Å². The maximum absolute atomic E-state index is 12.5. The highest BCUT2D eigenvalue weighted by atomic mass is 16.4. The average Bonchev–Trinajstić information content (AvgIpc) is 3.18. The summed E-state index contributed by atoms with van der Waals surface area (Å²) in [4.78, 5) is 11.6. The van der Waals surface area contributed by atoms with Gasteiger partial charge in [0.1, 0.15) is 5.75 Å². The molecule has 2 aliphatic rings. The number of carboxylic acids is 1. The monoisotopic (exact) mass is 788 g/mol. The summed E-state index contributed by atoms with van der Waals surface area (Å²) >= 11 is 0. The molecule has 8 unspecified atom stereocenters. The largest absolute Gasteiger partial charge is 0.508 e. The van der Waals surface area contributed by atoms with Gasteiger partial charge in [0.05, 0.1) is 30.3 Å². The molecular weight excluding hydrogens is 721 g/mol. The van der Waals surface area contributed by atoms with Gasteiger partial charge in [-0.05, 0) is 123 Å². The first-order valence-electron chi connectivity index (χ1n) is 21.2. The fourth-order valence-electron chi connectivity index (χ4n) is 8.72. The lowest BCUT2D eigenvalue weighted by atomic mass is 9.73. The number of β-amino-alcohol motifs (C(OH)–C–C–N with tert-alkyl or cyclic N) is 1. The molecule has 0 saturated heterocycles. The standard InChI is InChI=1S/C47H68N2O8/c1-4-6-7-11-38(52)20-16-33-14-13-32-10-8-9-12-41(32)34-17-23-44(42-22-21-39(53)28-35(42)25-26-50)47(3,57)31-49-46(43(33)29-40(54)30-51)36(27-34)15-18-37(48-5-2)19-24-45(55)56/h8-10,12,16,20-22,28,34,36-38,40,44,46,48-54,57H,4-7,11,13-15,18-19,24-27,29-31H2,1-3H3,(H,55,56). The van der Waals surface area contributed by atoms with Crippen molar-refractivity contribution in [3.05, 3.63) is 88.0 Å². The van der Waals surface area contributed by atoms with Crippen LogP contribution in [0, 0.1) is 17.8 Å². The Morgan fingerprint density at radius 2 is 1.82 bits per heavy atom. The van der Waals surface area contributed by atoms with Crippen LogP contribution >= 0.6 is 0 Å². The number of aromatic hydroxyl groups is 1. The first-order chi connectivity index (χ1) is 27.4. The van der Waals surface area contributed by atoms with Gasteiger partial charge in [0.2, 0.25) is 0 Å². The smallest absolute Gasteiger partial charge is 0.303 e. The highest BCUT2D eigenvalue weighted by molar-refractivity contribution is 5.66. The van der Waals surface area contributed by atoms with E-state index in [0.29, 0.717) is 57.1 Å². The van der Waals surface area contributed by atoms with E-state index >= 15 is 0 Å². The summed E-state index contributed by atoms with van der Waals surface area (Å²) in [6, 6.07) is 12.9. The van der Waals surface area contributed by atoms with Crippen LogP contribution in [0.2, 0.25) is 0 Å². The zero-order valence-electron chi connectivity index (χ0n) is 34.3. The summed E-state index contributed by atoms with van der Waals surface area (Å²) in [5.74, 6) is 5.37. The van der Waals surface area contributed by atoms with E-state index in [0.717, 1.165) is 47.1 Å². The molecule has 0 radical (unpaired) electrons. The number of unbranched alkanes of at least 4 members (excludes halogenated alkanes) is 2. The van der Waals surface area contributed by atoms with Gasteiger partial charge in [-0.15, -0.1) is 0 Å². The maximum atomic E-state index is 12.5. The molecule has 2 aromatic carbocycles. The van der Waals surface area contributed by atoms with E-state index in [4.69, 9.17) is 0 Å². The van der Waals surface area contributed by atoms with Crippen LogP contribution in [0.25, 0.3) is 0 Å². The lowest BCUT2D eigenvalue weighted by molar-refractivity contribution is -0.137. The molecular formula is C47H68N2O8. The van der Waals surface area contributed by atoms with E-state index < -0.39 is 36.3 Å². The molecule has 2 aromatic rings. The number of phenols is 1. The van der Waals surface area contributed by atoms with E-state index in [-0.39, 0.29) is 62.1 Å². The van der Waals surface area contributed by atoms with Crippen molar-refractivity contribution in [3.8, 4) is 17.6 Å². The lowest BCUT2D eigenvalue weighted by Gasteiger charge is -2.40. The Morgan fingerprint density at radius 1 is 1.04 bits per heavy atom. The maximum Gasteiger partial charge on any atom is 0.303 e. The molecule has 0 fully saturated rings. The third kappa shape index (κ3) is 13.8. The second-order valence-corrected chi connectivity index (χ2v) is 16.3. The summed E-state index contributed by atoms with van der Waals surface area (Å²) in [7, 11) is 0. The molecule has 10 heteroatoms. The average molecular weight is 789 g/mol. The van der Waals surface area contributed by atoms with Gasteiger partial charge in [0.15, 0.2) is 0 Å². The topological polar surface area (TPSA) is 183 Å². The number of aliphatic carboxylic acids is 1. The van der Waals surface area contributed by atoms with E-state index in [1.54, 1.807) is 25.1 Å². The Labute approximate surface area is 340 Å². The van der Waals surface area contributed by atoms with Gasteiger partial charge in [-0.1, -0.05) is 87.4 Å². The molecule has 0 aromatic heterocycles. The van der Waals surface area contributed by atoms with Crippen molar-refractivity contribution in [2.75, 3.05) is 26.3 Å². The van der Waals surface area contributed by atoms with Crippen molar-refractivity contribution in [3.63, 3.8) is 0 Å². The van der Waals surface area contributed by atoms with Crippen molar-refractivity contribution >= 4 is 5.97 Å². The van der Waals surface area contributed by atoms with Gasteiger partial charge in [-0.2, -0.15) is 0 Å². The van der Waals surface area contributed by atoms with E-state index in [1.165, 1.54) is 0 Å². The van der Waals surface area contributed by atoms with E-state index in [1.807, 2.05) is 31.2 Å². The third-order valence-electron chi connectivity index (χ3n) is 11.8. The van der Waals surface area contributed by atoms with Crippen molar-refractivity contribution in [1.29, 1.82) is 0 Å². The number of phenolic OH excluding ortho intramolecular Hbond substituents is 1. The lowest BCUT2D eigenvalue weighted by Crippen LogP contribution is -2.50. The number of hydrogen-bond donors (Lipinski definition) is 9. The predicted octanol–water partition coefficient (Wildman–Crippen LogP) is 5.63. The number of aliphatic hydroxyl groups is 5. The van der Waals surface area contributed by atoms with Crippen LogP contribution in [0.15, 0.2) is 65.8 Å². The van der Waals surface area contributed by atoms with Crippen molar-refractivity contribution in [1.82, 2.24) is 10.6 Å².